The van der Waals surface area contributed by atoms with Crippen molar-refractivity contribution in [2.24, 2.45) is 0 Å². The zero-order valence-electron chi connectivity index (χ0n) is 42.6. The number of unbranched alkanes of at least 4 members (excludes halogenated alkanes) is 21. The molecule has 0 spiro atoms. The summed E-state index contributed by atoms with van der Waals surface area (Å²) in [5.41, 5.74) is 0. The molecule has 374 valence electrons. The first-order chi connectivity index (χ1) is 31.6. The molecular weight excluding hydrogens is 811 g/mol. The van der Waals surface area contributed by atoms with Crippen LogP contribution in [0.3, 0.4) is 0 Å². The molecule has 0 aromatic heterocycles. The maximum absolute atomic E-state index is 12.8. The first-order valence-electron chi connectivity index (χ1n) is 26.5. The molecule has 2 unspecified atom stereocenters. The number of hydrogen-bond acceptors (Lipinski definition) is 7. The van der Waals surface area contributed by atoms with Crippen LogP contribution in [0.1, 0.15) is 219 Å². The van der Waals surface area contributed by atoms with E-state index < -0.39 is 18.1 Å². The Morgan fingerprint density at radius 1 is 0.477 bits per heavy atom. The van der Waals surface area contributed by atoms with Crippen LogP contribution >= 0.6 is 0 Å². The maximum atomic E-state index is 12.8. The van der Waals surface area contributed by atoms with Gasteiger partial charge in [-0.2, -0.15) is 0 Å². The van der Waals surface area contributed by atoms with Crippen LogP contribution in [0.25, 0.3) is 0 Å². The molecule has 0 aromatic carbocycles. The smallest absolute Gasteiger partial charge is 0.306 e. The Labute approximate surface area is 400 Å². The molecule has 8 heteroatoms. The van der Waals surface area contributed by atoms with Crippen LogP contribution in [-0.2, 0) is 28.6 Å². The summed E-state index contributed by atoms with van der Waals surface area (Å²) in [7, 11) is 5.41. The highest BCUT2D eigenvalue weighted by atomic mass is 16.6. The number of carbonyl (C=O) groups is 3. The molecule has 0 aliphatic rings. The predicted molar refractivity (Wildman–Crippen MR) is 272 cm³/mol. The predicted octanol–water partition coefficient (Wildman–Crippen LogP) is 14.1. The Morgan fingerprint density at radius 2 is 0.862 bits per heavy atom. The van der Waals surface area contributed by atoms with Gasteiger partial charge in [-0.3, -0.25) is 9.59 Å². The molecule has 0 amide bonds. The lowest BCUT2D eigenvalue weighted by Gasteiger charge is -2.34. The number of quaternary nitrogens is 1. The fourth-order valence-corrected chi connectivity index (χ4v) is 7.50. The Balaban J connectivity index is 4.28. The number of allylic oxidation sites excluding steroid dienone is 12. The van der Waals surface area contributed by atoms with E-state index in [9.17, 15) is 19.5 Å². The molecule has 0 aliphatic heterocycles. The van der Waals surface area contributed by atoms with E-state index in [0.717, 1.165) is 83.5 Å². The average molecular weight is 910 g/mol. The molecular formula is C57H99NO7. The second-order valence-electron chi connectivity index (χ2n) is 18.7. The Morgan fingerprint density at radius 3 is 1.29 bits per heavy atom. The molecule has 2 atom stereocenters. The third kappa shape index (κ3) is 45.7. The van der Waals surface area contributed by atoms with Gasteiger partial charge < -0.3 is 28.6 Å². The first-order valence-corrected chi connectivity index (χ1v) is 26.5. The van der Waals surface area contributed by atoms with Gasteiger partial charge in [0.05, 0.1) is 40.3 Å². The number of carbonyl (C=O) groups excluding carboxylic acids is 3. The van der Waals surface area contributed by atoms with Crippen LogP contribution < -0.4 is 5.11 Å². The van der Waals surface area contributed by atoms with Gasteiger partial charge in [-0.1, -0.05) is 189 Å². The van der Waals surface area contributed by atoms with E-state index in [1.807, 2.05) is 0 Å². The minimum atomic E-state index is -1.13. The number of carboxylic acid groups (broad SMARTS) is 1. The summed E-state index contributed by atoms with van der Waals surface area (Å²) in [5, 5.41) is 11.7. The van der Waals surface area contributed by atoms with Crippen LogP contribution in [0, 0.1) is 0 Å². The van der Waals surface area contributed by atoms with Crippen molar-refractivity contribution in [3.63, 3.8) is 0 Å². The van der Waals surface area contributed by atoms with Gasteiger partial charge in [-0.25, -0.2) is 0 Å². The zero-order valence-corrected chi connectivity index (χ0v) is 42.6. The van der Waals surface area contributed by atoms with E-state index in [0.29, 0.717) is 12.8 Å². The van der Waals surface area contributed by atoms with Gasteiger partial charge in [-0.05, 0) is 83.5 Å². The average Bonchev–Trinajstić information content (AvgIpc) is 3.27. The molecule has 0 aromatic rings. The second kappa shape index (κ2) is 47.3. The van der Waals surface area contributed by atoms with Gasteiger partial charge in [0, 0.05) is 19.3 Å². The summed E-state index contributed by atoms with van der Waals surface area (Å²) in [5.74, 6) is -1.76. The van der Waals surface area contributed by atoms with Crippen LogP contribution in [-0.4, -0.2) is 75.5 Å². The lowest BCUT2D eigenvalue weighted by molar-refractivity contribution is -0.889. The van der Waals surface area contributed by atoms with Crippen LogP contribution in [0.2, 0.25) is 0 Å². The van der Waals surface area contributed by atoms with E-state index >= 15 is 0 Å². The minimum Gasteiger partial charge on any atom is -0.544 e. The quantitative estimate of drug-likeness (QED) is 0.0259. The Kier molecular flexibility index (Phi) is 44.9. The summed E-state index contributed by atoms with van der Waals surface area (Å²) in [6.45, 7) is 4.54. The van der Waals surface area contributed by atoms with E-state index in [2.05, 4.69) is 86.8 Å². The Bertz CT molecular complexity index is 1290. The topological polar surface area (TPSA) is 102 Å². The highest BCUT2D eigenvalue weighted by Crippen LogP contribution is 2.15. The highest BCUT2D eigenvalue weighted by Gasteiger charge is 2.25. The lowest BCUT2D eigenvalue weighted by atomic mass is 10.1. The number of hydrogen-bond donors (Lipinski definition) is 0. The van der Waals surface area contributed by atoms with Crippen molar-refractivity contribution in [2.45, 2.75) is 231 Å². The fourth-order valence-electron chi connectivity index (χ4n) is 7.50. The SMILES string of the molecule is CC/C=C/C/C=C/C/C=C/C/C=C/C/C=C/CCCCCCCCC(=O)OCC(COCCC(C(=O)[O-])[N+](C)(C)C)OC(=O)CCCCCCCCC/C=C/CCCCCCCCCC. The standard InChI is InChI=1S/C57H99NO7/c1-6-8-10-12-14-16-18-20-22-24-26-27-28-30-31-33-35-37-39-41-43-45-47-55(59)64-52-53(51-63-50-49-54(57(61)62)58(3,4)5)65-56(60)48-46-44-42-40-38-36-34-32-29-25-23-21-19-17-15-13-11-9-7-2/h8,10,14,16,20,22,25-27,29-31,53-54H,6-7,9,11-13,15,17-19,21,23-24,28,32-52H2,1-5H3/b10-8+,16-14+,22-20+,27-26+,29-25+,31-30+. The van der Waals surface area contributed by atoms with Crippen molar-refractivity contribution in [2.75, 3.05) is 41.0 Å². The lowest BCUT2D eigenvalue weighted by Crippen LogP contribution is -2.55. The summed E-state index contributed by atoms with van der Waals surface area (Å²) < 4.78 is 17.2. The molecule has 0 heterocycles. The molecule has 0 saturated heterocycles. The van der Waals surface area contributed by atoms with Gasteiger partial charge >= 0.3 is 11.9 Å². The third-order valence-electron chi connectivity index (χ3n) is 11.6. The molecule has 0 N–H and O–H groups in total. The van der Waals surface area contributed by atoms with Gasteiger partial charge in [0.2, 0.25) is 0 Å². The normalized spacial score (nSPS) is 13.4. The molecule has 0 radical (unpaired) electrons. The van der Waals surface area contributed by atoms with E-state index in [1.54, 1.807) is 21.1 Å². The van der Waals surface area contributed by atoms with Crippen molar-refractivity contribution >= 4 is 17.9 Å². The first kappa shape index (κ1) is 61.8. The van der Waals surface area contributed by atoms with E-state index in [1.165, 1.54) is 103 Å². The van der Waals surface area contributed by atoms with Crippen LogP contribution in [0.5, 0.6) is 0 Å². The van der Waals surface area contributed by atoms with Crippen molar-refractivity contribution in [3.05, 3.63) is 72.9 Å². The maximum Gasteiger partial charge on any atom is 0.306 e. The van der Waals surface area contributed by atoms with Gasteiger partial charge in [-0.15, -0.1) is 0 Å². The summed E-state index contributed by atoms with van der Waals surface area (Å²) in [6, 6.07) is -0.732. The van der Waals surface area contributed by atoms with Crippen LogP contribution in [0.4, 0.5) is 0 Å². The van der Waals surface area contributed by atoms with Gasteiger partial charge in [0.1, 0.15) is 12.6 Å². The molecule has 0 saturated carbocycles. The van der Waals surface area contributed by atoms with Crippen molar-refractivity contribution < 1.29 is 38.2 Å². The summed E-state index contributed by atoms with van der Waals surface area (Å²) in [6.07, 6.45) is 60.7. The third-order valence-corrected chi connectivity index (χ3v) is 11.6. The molecule has 0 fully saturated rings. The van der Waals surface area contributed by atoms with Crippen molar-refractivity contribution in [3.8, 4) is 0 Å². The van der Waals surface area contributed by atoms with Crippen molar-refractivity contribution in [1.82, 2.24) is 0 Å². The summed E-state index contributed by atoms with van der Waals surface area (Å²) >= 11 is 0. The molecule has 8 nitrogen and oxygen atoms in total. The number of esters is 2. The molecule has 0 bridgehead atoms. The fraction of sp³-hybridized carbons (Fsp3) is 0.737. The molecule has 0 rings (SSSR count). The van der Waals surface area contributed by atoms with E-state index in [-0.39, 0.29) is 42.7 Å². The van der Waals surface area contributed by atoms with Gasteiger partial charge in [0.15, 0.2) is 6.10 Å². The number of nitrogens with zero attached hydrogens (tertiary/aromatic N) is 1. The van der Waals surface area contributed by atoms with Crippen LogP contribution in [0.15, 0.2) is 72.9 Å². The summed E-state index contributed by atoms with van der Waals surface area (Å²) in [4.78, 5) is 37.1. The highest BCUT2D eigenvalue weighted by molar-refractivity contribution is 5.70. The minimum absolute atomic E-state index is 0.0317. The van der Waals surface area contributed by atoms with Crippen molar-refractivity contribution in [1.29, 1.82) is 0 Å². The largest absolute Gasteiger partial charge is 0.544 e. The van der Waals surface area contributed by atoms with Gasteiger partial charge in [0.25, 0.3) is 0 Å². The molecule has 0 aliphatic carbocycles. The van der Waals surface area contributed by atoms with E-state index in [4.69, 9.17) is 14.2 Å². The number of carboxylic acids is 1. The second-order valence-corrected chi connectivity index (χ2v) is 18.7. The number of ether oxygens (including phenoxy) is 3. The number of rotatable bonds is 47. The zero-order chi connectivity index (χ0) is 47.7. The number of aliphatic carboxylic acids is 1. The monoisotopic (exact) mass is 910 g/mol. The molecule has 65 heavy (non-hydrogen) atoms. The number of likely N-dealkylation sites (N-methyl/N-ethyl adjacent to an activating group) is 1. The Hall–Kier alpha value is -3.23.